The Morgan fingerprint density at radius 2 is 2.06 bits per heavy atom. The zero-order valence-electron chi connectivity index (χ0n) is 19.6. The molecular weight excluding hydrogens is 488 g/mol. The number of benzene rings is 1. The molecule has 1 aliphatic heterocycles. The number of H-pyrrole nitrogens is 1. The van der Waals surface area contributed by atoms with Crippen molar-refractivity contribution < 1.29 is 14.4 Å². The number of carbonyl (C=O) groups is 2. The molecule has 0 spiro atoms. The van der Waals surface area contributed by atoms with Crippen molar-refractivity contribution in [2.45, 2.75) is 44.3 Å². The second-order valence-electron chi connectivity index (χ2n) is 9.03. The summed E-state index contributed by atoms with van der Waals surface area (Å²) in [4.78, 5) is 42.3. The highest BCUT2D eigenvalue weighted by atomic mass is 35.5. The van der Waals surface area contributed by atoms with Gasteiger partial charge in [0.25, 0.3) is 11.8 Å². The van der Waals surface area contributed by atoms with Crippen LogP contribution in [-0.4, -0.2) is 65.2 Å². The van der Waals surface area contributed by atoms with Crippen molar-refractivity contribution >= 4 is 51.4 Å². The van der Waals surface area contributed by atoms with Gasteiger partial charge < -0.3 is 25.4 Å². The van der Waals surface area contributed by atoms with Gasteiger partial charge in [-0.05, 0) is 44.2 Å². The summed E-state index contributed by atoms with van der Waals surface area (Å²) in [5.74, 6) is -0.461. The lowest BCUT2D eigenvalue weighted by Gasteiger charge is -2.33. The standard InChI is InChI=1S/C24H27ClN6O3S/c1-31-8-7-18-21(12-31)35-24(29-18)23(33)28-19-11-15(30-34-2)4-6-17(19)27-22(32)20-10-13-9-14(25)3-5-16(13)26-20/h3,5,9-10,17,19,26H,4,6-8,11-12H2,1-2H3,(H,27,32)(H,28,33)/t17-,19+/m0/s1. The molecule has 9 nitrogen and oxygen atoms in total. The van der Waals surface area contributed by atoms with Gasteiger partial charge in [-0.2, -0.15) is 0 Å². The Bertz CT molecular complexity index is 1300. The summed E-state index contributed by atoms with van der Waals surface area (Å²) in [7, 11) is 3.57. The third kappa shape index (κ3) is 5.19. The van der Waals surface area contributed by atoms with Crippen molar-refractivity contribution in [1.29, 1.82) is 0 Å². The summed E-state index contributed by atoms with van der Waals surface area (Å²) in [6.07, 6.45) is 2.63. The van der Waals surface area contributed by atoms with Crippen molar-refractivity contribution in [3.8, 4) is 0 Å². The van der Waals surface area contributed by atoms with Crippen LogP contribution in [0.25, 0.3) is 10.9 Å². The maximum absolute atomic E-state index is 13.1. The number of likely N-dealkylation sites (N-methyl/N-ethyl adjacent to an activating group) is 1. The van der Waals surface area contributed by atoms with Gasteiger partial charge in [0.2, 0.25) is 0 Å². The smallest absolute Gasteiger partial charge is 0.280 e. The summed E-state index contributed by atoms with van der Waals surface area (Å²) in [6.45, 7) is 1.74. The number of fused-ring (bicyclic) bond motifs is 2. The SMILES string of the molecule is CON=C1CC[C@H](NC(=O)c2cc3cc(Cl)ccc3[nH]2)[C@H](NC(=O)c2nc3c(s2)CN(C)CC3)C1. The lowest BCUT2D eigenvalue weighted by atomic mass is 9.88. The molecule has 0 unspecified atom stereocenters. The van der Waals surface area contributed by atoms with Crippen LogP contribution in [0.4, 0.5) is 0 Å². The molecule has 3 heterocycles. The van der Waals surface area contributed by atoms with Gasteiger partial charge in [0.15, 0.2) is 5.01 Å². The number of amides is 2. The zero-order chi connectivity index (χ0) is 24.5. The van der Waals surface area contributed by atoms with Gasteiger partial charge in [0.1, 0.15) is 12.8 Å². The predicted octanol–water partition coefficient (Wildman–Crippen LogP) is 3.35. The topological polar surface area (TPSA) is 112 Å². The van der Waals surface area contributed by atoms with Crippen LogP contribution in [0.5, 0.6) is 0 Å². The minimum absolute atomic E-state index is 0.227. The van der Waals surface area contributed by atoms with Gasteiger partial charge in [-0.15, -0.1) is 11.3 Å². The van der Waals surface area contributed by atoms with E-state index in [0.717, 1.165) is 46.7 Å². The van der Waals surface area contributed by atoms with Crippen LogP contribution in [0.2, 0.25) is 5.02 Å². The number of hydrogen-bond acceptors (Lipinski definition) is 7. The van der Waals surface area contributed by atoms with Crippen molar-refractivity contribution in [2.75, 3.05) is 20.7 Å². The van der Waals surface area contributed by atoms with E-state index in [1.54, 1.807) is 12.1 Å². The quantitative estimate of drug-likeness (QED) is 0.452. The first-order valence-electron chi connectivity index (χ1n) is 11.6. The maximum Gasteiger partial charge on any atom is 0.280 e. The molecule has 0 radical (unpaired) electrons. The maximum atomic E-state index is 13.1. The second kappa shape index (κ2) is 9.96. The molecule has 1 aliphatic carbocycles. The van der Waals surface area contributed by atoms with E-state index in [1.807, 2.05) is 12.1 Å². The molecule has 184 valence electrons. The monoisotopic (exact) mass is 514 g/mol. The fourth-order valence-electron chi connectivity index (χ4n) is 4.68. The molecule has 2 atom stereocenters. The Hall–Kier alpha value is -2.95. The van der Waals surface area contributed by atoms with Crippen LogP contribution >= 0.6 is 22.9 Å². The molecule has 2 aliphatic rings. The Morgan fingerprint density at radius 3 is 2.89 bits per heavy atom. The number of aromatic nitrogens is 2. The minimum Gasteiger partial charge on any atom is -0.399 e. The molecule has 1 fully saturated rings. The highest BCUT2D eigenvalue weighted by Crippen LogP contribution is 2.26. The molecule has 3 N–H and O–H groups in total. The number of hydrogen-bond donors (Lipinski definition) is 3. The molecule has 1 saturated carbocycles. The highest BCUT2D eigenvalue weighted by Gasteiger charge is 2.33. The van der Waals surface area contributed by atoms with Crippen molar-refractivity contribution in [1.82, 2.24) is 25.5 Å². The zero-order valence-corrected chi connectivity index (χ0v) is 21.1. The van der Waals surface area contributed by atoms with Gasteiger partial charge in [-0.3, -0.25) is 9.59 Å². The Kier molecular flexibility index (Phi) is 6.77. The van der Waals surface area contributed by atoms with Gasteiger partial charge in [0.05, 0.1) is 23.5 Å². The highest BCUT2D eigenvalue weighted by molar-refractivity contribution is 7.13. The summed E-state index contributed by atoms with van der Waals surface area (Å²) in [5.41, 5.74) is 3.14. The van der Waals surface area contributed by atoms with E-state index in [4.69, 9.17) is 16.4 Å². The third-order valence-electron chi connectivity index (χ3n) is 6.48. The average molecular weight is 515 g/mol. The van der Waals surface area contributed by atoms with E-state index in [9.17, 15) is 9.59 Å². The molecule has 3 aromatic rings. The van der Waals surface area contributed by atoms with Crippen LogP contribution in [0.3, 0.4) is 0 Å². The number of aromatic amines is 1. The number of nitrogens with one attached hydrogen (secondary N) is 3. The second-order valence-corrected chi connectivity index (χ2v) is 10.6. The van der Waals surface area contributed by atoms with E-state index in [2.05, 4.69) is 37.7 Å². The number of carbonyl (C=O) groups excluding carboxylic acids is 2. The lowest BCUT2D eigenvalue weighted by molar-refractivity contribution is 0.0874. The molecular formula is C24H27ClN6O3S. The molecule has 0 saturated heterocycles. The number of rotatable bonds is 5. The van der Waals surface area contributed by atoms with Crippen molar-refractivity contribution in [3.63, 3.8) is 0 Å². The first-order chi connectivity index (χ1) is 16.9. The van der Waals surface area contributed by atoms with E-state index < -0.39 is 0 Å². The van der Waals surface area contributed by atoms with Gasteiger partial charge in [-0.25, -0.2) is 4.98 Å². The van der Waals surface area contributed by atoms with Crippen LogP contribution in [0.1, 0.15) is 50.1 Å². The summed E-state index contributed by atoms with van der Waals surface area (Å²) in [6, 6.07) is 6.61. The normalized spacial score (nSPS) is 21.6. The first-order valence-corrected chi connectivity index (χ1v) is 12.7. The van der Waals surface area contributed by atoms with Gasteiger partial charge in [0, 0.05) is 46.7 Å². The van der Waals surface area contributed by atoms with Gasteiger partial charge >= 0.3 is 0 Å². The summed E-state index contributed by atoms with van der Waals surface area (Å²) >= 11 is 7.52. The van der Waals surface area contributed by atoms with E-state index in [1.165, 1.54) is 18.4 Å². The van der Waals surface area contributed by atoms with E-state index in [-0.39, 0.29) is 23.9 Å². The van der Waals surface area contributed by atoms with Crippen LogP contribution < -0.4 is 10.6 Å². The third-order valence-corrected chi connectivity index (χ3v) is 7.80. The predicted molar refractivity (Wildman–Crippen MR) is 136 cm³/mol. The van der Waals surface area contributed by atoms with Crippen LogP contribution in [0.15, 0.2) is 29.4 Å². The first kappa shape index (κ1) is 23.8. The minimum atomic E-state index is -0.337. The summed E-state index contributed by atoms with van der Waals surface area (Å²) in [5, 5.41) is 12.2. The largest absolute Gasteiger partial charge is 0.399 e. The van der Waals surface area contributed by atoms with Crippen LogP contribution in [0, 0.1) is 0 Å². The van der Waals surface area contributed by atoms with Crippen LogP contribution in [-0.2, 0) is 17.8 Å². The molecule has 2 aromatic heterocycles. The number of halogens is 1. The van der Waals surface area contributed by atoms with E-state index in [0.29, 0.717) is 35.0 Å². The van der Waals surface area contributed by atoms with Crippen molar-refractivity contribution in [3.05, 3.63) is 50.6 Å². The molecule has 1 aromatic carbocycles. The van der Waals surface area contributed by atoms with Gasteiger partial charge in [-0.1, -0.05) is 16.8 Å². The molecule has 0 bridgehead atoms. The average Bonchev–Trinajstić information content (AvgIpc) is 3.44. The molecule has 35 heavy (non-hydrogen) atoms. The number of thiazole rings is 1. The molecule has 5 rings (SSSR count). The Morgan fingerprint density at radius 1 is 1.23 bits per heavy atom. The lowest BCUT2D eigenvalue weighted by Crippen LogP contribution is -2.54. The number of nitrogens with zero attached hydrogens (tertiary/aromatic N) is 3. The Labute approximate surface area is 211 Å². The molecule has 11 heteroatoms. The van der Waals surface area contributed by atoms with Crippen molar-refractivity contribution in [2.24, 2.45) is 5.16 Å². The molecule has 2 amide bonds. The summed E-state index contributed by atoms with van der Waals surface area (Å²) < 4.78 is 0. The fourth-order valence-corrected chi connectivity index (χ4v) is 5.95. The Balaban J connectivity index is 1.32. The van der Waals surface area contributed by atoms with E-state index >= 15 is 0 Å². The number of oxime groups is 1. The fraction of sp³-hybridized carbons (Fsp3) is 0.417.